The van der Waals surface area contributed by atoms with Gasteiger partial charge in [-0.1, -0.05) is 59.8 Å². The van der Waals surface area contributed by atoms with E-state index in [1.807, 2.05) is 101 Å². The van der Waals surface area contributed by atoms with Crippen molar-refractivity contribution in [1.29, 1.82) is 0 Å². The number of fused-ring (bicyclic) bond motifs is 3. The zero-order chi connectivity index (χ0) is 38.2. The monoisotopic (exact) mass is 776 g/mol. The Morgan fingerprint density at radius 2 is 1.60 bits per heavy atom. The highest BCUT2D eigenvalue weighted by atomic mass is 32.1. The van der Waals surface area contributed by atoms with Crippen LogP contribution in [0.2, 0.25) is 0 Å². The molecule has 3 unspecified atom stereocenters. The van der Waals surface area contributed by atoms with Crippen LogP contribution in [0, 0.1) is 0 Å². The lowest BCUT2D eigenvalue weighted by Crippen LogP contribution is -2.80. The molecular weight excluding hydrogens is 745 g/mol. The Hall–Kier alpha value is -6.68. The second-order valence-corrected chi connectivity index (χ2v) is 15.0. The molecule has 14 nitrogen and oxygen atoms in total. The van der Waals surface area contributed by atoms with Gasteiger partial charge < -0.3 is 33.6 Å². The summed E-state index contributed by atoms with van der Waals surface area (Å²) in [4.78, 5) is 48.4. The Kier molecular flexibility index (Phi) is 7.48. The Morgan fingerprint density at radius 3 is 2.32 bits per heavy atom. The van der Waals surface area contributed by atoms with Crippen LogP contribution in [-0.4, -0.2) is 77.6 Å². The van der Waals surface area contributed by atoms with Crippen molar-refractivity contribution in [2.75, 3.05) is 24.5 Å². The van der Waals surface area contributed by atoms with Crippen LogP contribution in [0.1, 0.15) is 29.3 Å². The molecule has 282 valence electrons. The van der Waals surface area contributed by atoms with Crippen molar-refractivity contribution < 1.29 is 28.3 Å². The Bertz CT molecular complexity index is 2710. The van der Waals surface area contributed by atoms with Gasteiger partial charge in [-0.2, -0.15) is 4.37 Å². The molecule has 57 heavy (non-hydrogen) atoms. The number of ether oxygens (including phenoxy) is 3. The maximum atomic E-state index is 13.6. The standard InChI is InChI=1S/C42H32N8O6S/c51-28-22-29(52)24-49(23-28)40(39-54-32-11-5-6-12-33(32)55-39)25-50(36-14-19-53-47-36)41(34-15-20-57-48-34,37-30-9-3-1-7-26(30)13-16-43-37)42(56-40,38-44-17-18-45-38)35-21-27-8-2-4-10-31(27)46-35/h1-21,39,46H,22-25H2,(H,44,45). The van der Waals surface area contributed by atoms with Crippen molar-refractivity contribution >= 4 is 50.6 Å². The highest BCUT2D eigenvalue weighted by Gasteiger charge is 2.75. The molecule has 3 aliphatic heterocycles. The third-order valence-corrected chi connectivity index (χ3v) is 11.8. The van der Waals surface area contributed by atoms with Gasteiger partial charge in [0.1, 0.15) is 12.1 Å². The Morgan fingerprint density at radius 1 is 0.825 bits per heavy atom. The van der Waals surface area contributed by atoms with Gasteiger partial charge in [0.25, 0.3) is 6.29 Å². The van der Waals surface area contributed by atoms with Crippen LogP contribution in [0.25, 0.3) is 21.7 Å². The first kappa shape index (κ1) is 33.6. The quantitative estimate of drug-likeness (QED) is 0.183. The van der Waals surface area contributed by atoms with Crippen LogP contribution in [0.4, 0.5) is 5.82 Å². The molecule has 0 radical (unpaired) electrons. The number of ketones is 2. The number of pyridine rings is 1. The first-order valence-corrected chi connectivity index (χ1v) is 19.3. The number of piperidine rings is 1. The summed E-state index contributed by atoms with van der Waals surface area (Å²) in [6, 6.07) is 31.0. The average Bonchev–Trinajstić information content (AvgIpc) is 4.09. The van der Waals surface area contributed by atoms with Gasteiger partial charge in [0.05, 0.1) is 43.1 Å². The highest BCUT2D eigenvalue weighted by molar-refractivity contribution is 7.03. The van der Waals surface area contributed by atoms with Crippen LogP contribution >= 0.6 is 11.5 Å². The summed E-state index contributed by atoms with van der Waals surface area (Å²) in [5.74, 6) is 1.18. The minimum Gasteiger partial charge on any atom is -0.447 e. The van der Waals surface area contributed by atoms with E-state index in [4.69, 9.17) is 33.1 Å². The van der Waals surface area contributed by atoms with E-state index in [1.165, 1.54) is 17.8 Å². The predicted octanol–water partition coefficient (Wildman–Crippen LogP) is 5.95. The molecule has 2 N–H and O–H groups in total. The van der Waals surface area contributed by atoms with Gasteiger partial charge in [-0.25, -0.2) is 4.98 Å². The van der Waals surface area contributed by atoms with Gasteiger partial charge in [0.15, 0.2) is 34.4 Å². The lowest BCUT2D eigenvalue weighted by atomic mass is 9.67. The molecule has 3 aromatic carbocycles. The van der Waals surface area contributed by atoms with E-state index in [9.17, 15) is 9.59 Å². The number of H-pyrrole nitrogens is 2. The predicted molar refractivity (Wildman–Crippen MR) is 208 cm³/mol. The summed E-state index contributed by atoms with van der Waals surface area (Å²) in [6.07, 6.45) is 5.24. The largest absolute Gasteiger partial charge is 0.447 e. The van der Waals surface area contributed by atoms with Crippen molar-refractivity contribution in [3.8, 4) is 11.5 Å². The van der Waals surface area contributed by atoms with Crippen molar-refractivity contribution in [2.24, 2.45) is 0 Å². The molecule has 0 saturated carbocycles. The number of hydrogen-bond donors (Lipinski definition) is 2. The Labute approximate surface area is 328 Å². The zero-order valence-electron chi connectivity index (χ0n) is 30.1. The van der Waals surface area contributed by atoms with Gasteiger partial charge in [-0.05, 0) is 58.7 Å². The summed E-state index contributed by atoms with van der Waals surface area (Å²) in [5.41, 5.74) is -2.63. The molecule has 15 heteroatoms. The van der Waals surface area contributed by atoms with Crippen LogP contribution in [0.3, 0.4) is 0 Å². The number of imidazole rings is 1. The summed E-state index contributed by atoms with van der Waals surface area (Å²) in [7, 11) is 0. The maximum absolute atomic E-state index is 13.6. The molecule has 0 spiro atoms. The summed E-state index contributed by atoms with van der Waals surface area (Å²) >= 11 is 1.28. The first-order chi connectivity index (χ1) is 28.0. The minimum atomic E-state index is -1.82. The third-order valence-electron chi connectivity index (χ3n) is 11.2. The second kappa shape index (κ2) is 12.7. The average molecular weight is 777 g/mol. The van der Waals surface area contributed by atoms with Crippen molar-refractivity contribution in [3.05, 3.63) is 150 Å². The lowest BCUT2D eigenvalue weighted by molar-refractivity contribution is -0.314. The zero-order valence-corrected chi connectivity index (χ0v) is 30.9. The normalized spacial score (nSPS) is 24.2. The van der Waals surface area contributed by atoms with Gasteiger partial charge in [0.2, 0.25) is 11.3 Å². The number of aromatic nitrogens is 6. The molecule has 11 rings (SSSR count). The van der Waals surface area contributed by atoms with Crippen LogP contribution in [-0.2, 0) is 25.5 Å². The summed E-state index contributed by atoms with van der Waals surface area (Å²) in [6.45, 7) is -0.353. The number of rotatable bonds is 7. The summed E-state index contributed by atoms with van der Waals surface area (Å²) in [5, 5.41) is 9.15. The van der Waals surface area contributed by atoms with Gasteiger partial charge in [-0.15, -0.1) is 0 Å². The van der Waals surface area contributed by atoms with E-state index in [1.54, 1.807) is 29.6 Å². The number of benzene rings is 3. The van der Waals surface area contributed by atoms with Crippen LogP contribution in [0.5, 0.6) is 11.5 Å². The van der Waals surface area contributed by atoms with Crippen LogP contribution < -0.4 is 14.4 Å². The van der Waals surface area contributed by atoms with E-state index >= 15 is 0 Å². The van der Waals surface area contributed by atoms with E-state index in [0.29, 0.717) is 40.2 Å². The van der Waals surface area contributed by atoms with E-state index in [2.05, 4.69) is 15.1 Å². The molecule has 5 aromatic heterocycles. The fraction of sp³-hybridized carbons (Fsp3) is 0.190. The number of morpholine rings is 1. The van der Waals surface area contributed by atoms with E-state index in [-0.39, 0.29) is 37.6 Å². The second-order valence-electron chi connectivity index (χ2n) is 14.4. The molecule has 8 heterocycles. The fourth-order valence-electron chi connectivity index (χ4n) is 8.97. The summed E-state index contributed by atoms with van der Waals surface area (Å²) < 4.78 is 32.4. The van der Waals surface area contributed by atoms with Crippen LogP contribution in [0.15, 0.2) is 132 Å². The number of anilines is 1. The molecule has 2 saturated heterocycles. The third kappa shape index (κ3) is 4.82. The number of aromatic amines is 2. The first-order valence-electron chi connectivity index (χ1n) is 18.4. The van der Waals surface area contributed by atoms with E-state index in [0.717, 1.165) is 21.7 Å². The van der Waals surface area contributed by atoms with Crippen molar-refractivity contribution in [1.82, 2.24) is 34.4 Å². The van der Waals surface area contributed by atoms with E-state index < -0.39 is 23.2 Å². The number of nitrogens with one attached hydrogen (secondary N) is 2. The fourth-order valence-corrected chi connectivity index (χ4v) is 9.52. The van der Waals surface area contributed by atoms with Gasteiger partial charge >= 0.3 is 0 Å². The Balaban J connectivity index is 1.33. The number of likely N-dealkylation sites (tertiary alicyclic amines) is 1. The molecule has 0 amide bonds. The molecule has 8 aromatic rings. The molecule has 0 bridgehead atoms. The molecule has 0 aliphatic carbocycles. The van der Waals surface area contributed by atoms with Gasteiger partial charge in [-0.3, -0.25) is 19.5 Å². The molecule has 3 atom stereocenters. The molecule has 2 fully saturated rings. The lowest BCUT2D eigenvalue weighted by Gasteiger charge is -2.63. The number of Topliss-reactive ketones (excluding diaryl/α,β-unsaturated/α-hetero) is 2. The van der Waals surface area contributed by atoms with Crippen molar-refractivity contribution in [3.63, 3.8) is 0 Å². The topological polar surface area (TPSA) is 165 Å². The minimum absolute atomic E-state index is 0.0934. The number of nitrogens with zero attached hydrogens (tertiary/aromatic N) is 6. The number of para-hydroxylation sites is 3. The maximum Gasteiger partial charge on any atom is 0.285 e. The smallest absolute Gasteiger partial charge is 0.285 e. The number of hydrogen-bond acceptors (Lipinski definition) is 13. The van der Waals surface area contributed by atoms with Crippen molar-refractivity contribution in [2.45, 2.75) is 29.6 Å². The van der Waals surface area contributed by atoms with Gasteiger partial charge in [0, 0.05) is 40.9 Å². The molecule has 3 aliphatic rings. The highest BCUT2D eigenvalue weighted by Crippen LogP contribution is 2.62. The molecular formula is C42H32N8O6S. The number of carbonyl (C=O) groups excluding carboxylic acids is 2. The SMILES string of the molecule is O=C1CC(=O)CN(C2(C3Oc4ccccc4O3)CN(c3ccon3)C(c3ccsn3)(c3nccc4ccccc34)C(c3cc4ccccc4[nH]3)(c3ncc[nH]3)O2)C1. The number of carbonyl (C=O) groups is 2.